The molecule has 2 aliphatic heterocycles. The molecule has 29 heavy (non-hydrogen) atoms. The Balaban J connectivity index is 1.67. The van der Waals surface area contributed by atoms with Crippen LogP contribution >= 0.6 is 0 Å². The lowest BCUT2D eigenvalue weighted by molar-refractivity contribution is -0.292. The van der Waals surface area contributed by atoms with Gasteiger partial charge in [-0.1, -0.05) is 30.3 Å². The van der Waals surface area contributed by atoms with E-state index in [0.29, 0.717) is 13.2 Å². The van der Waals surface area contributed by atoms with Crippen molar-refractivity contribution in [3.63, 3.8) is 0 Å². The quantitative estimate of drug-likeness (QED) is 0.444. The fourth-order valence-electron chi connectivity index (χ4n) is 3.49. The number of methoxy groups -OCH3 is 3. The highest BCUT2D eigenvalue weighted by Gasteiger charge is 2.57. The van der Waals surface area contributed by atoms with E-state index in [1.165, 1.54) is 0 Å². The van der Waals surface area contributed by atoms with E-state index >= 15 is 0 Å². The van der Waals surface area contributed by atoms with E-state index in [2.05, 4.69) is 0 Å². The van der Waals surface area contributed by atoms with Gasteiger partial charge in [-0.3, -0.25) is 0 Å². The van der Waals surface area contributed by atoms with Crippen molar-refractivity contribution < 1.29 is 42.6 Å². The Morgan fingerprint density at radius 3 is 2.03 bits per heavy atom. The maximum Gasteiger partial charge on any atom is 0.187 e. The van der Waals surface area contributed by atoms with Crippen LogP contribution in [-0.2, 0) is 49.2 Å². The molecule has 9 heteroatoms. The standard InChI is InChI=1S/C20H30O9/c1-21-11-25-17-16-15(10-24-9-14-7-5-4-6-8-14)28-20(29-16)19(27-13-23-3)18(17)26-12-22-2/h4-8,15-20H,9-13H2,1-3H3/t15-,16+,17-,18-,19+,20+/m1/s1. The zero-order valence-corrected chi connectivity index (χ0v) is 17.1. The zero-order valence-electron chi connectivity index (χ0n) is 17.1. The van der Waals surface area contributed by atoms with Crippen LogP contribution in [0.1, 0.15) is 5.56 Å². The van der Waals surface area contributed by atoms with Crippen LogP contribution in [0.3, 0.4) is 0 Å². The minimum atomic E-state index is -0.621. The molecule has 0 amide bonds. The lowest BCUT2D eigenvalue weighted by Gasteiger charge is -2.40. The Morgan fingerprint density at radius 2 is 1.38 bits per heavy atom. The number of hydrogen-bond acceptors (Lipinski definition) is 9. The summed E-state index contributed by atoms with van der Waals surface area (Å²) < 4.78 is 50.8. The monoisotopic (exact) mass is 414 g/mol. The molecule has 0 radical (unpaired) electrons. The van der Waals surface area contributed by atoms with Gasteiger partial charge in [0.2, 0.25) is 0 Å². The molecular formula is C20H30O9. The lowest BCUT2D eigenvalue weighted by Crippen LogP contribution is -2.58. The molecule has 2 saturated heterocycles. The van der Waals surface area contributed by atoms with Crippen molar-refractivity contribution in [1.29, 1.82) is 0 Å². The van der Waals surface area contributed by atoms with Gasteiger partial charge in [-0.25, -0.2) is 0 Å². The van der Waals surface area contributed by atoms with Gasteiger partial charge < -0.3 is 42.6 Å². The maximum atomic E-state index is 6.08. The maximum absolute atomic E-state index is 6.08. The Bertz CT molecular complexity index is 572. The summed E-state index contributed by atoms with van der Waals surface area (Å²) >= 11 is 0. The summed E-state index contributed by atoms with van der Waals surface area (Å²) in [7, 11) is 4.66. The third kappa shape index (κ3) is 5.94. The van der Waals surface area contributed by atoms with Crippen LogP contribution in [0.5, 0.6) is 0 Å². The number of rotatable bonds is 13. The van der Waals surface area contributed by atoms with Crippen molar-refractivity contribution in [3.05, 3.63) is 35.9 Å². The summed E-state index contributed by atoms with van der Waals surface area (Å²) in [5.41, 5.74) is 1.09. The summed E-state index contributed by atoms with van der Waals surface area (Å²) in [6, 6.07) is 9.95. The van der Waals surface area contributed by atoms with E-state index in [4.69, 9.17) is 42.6 Å². The second-order valence-electron chi connectivity index (χ2n) is 6.76. The number of benzene rings is 1. The van der Waals surface area contributed by atoms with E-state index in [1.54, 1.807) is 21.3 Å². The van der Waals surface area contributed by atoms with Crippen molar-refractivity contribution in [2.24, 2.45) is 0 Å². The van der Waals surface area contributed by atoms with E-state index in [9.17, 15) is 0 Å². The predicted molar refractivity (Wildman–Crippen MR) is 99.9 cm³/mol. The van der Waals surface area contributed by atoms with E-state index in [-0.39, 0.29) is 26.5 Å². The van der Waals surface area contributed by atoms with Crippen LogP contribution in [0.15, 0.2) is 30.3 Å². The molecule has 2 fully saturated rings. The molecule has 3 rings (SSSR count). The van der Waals surface area contributed by atoms with Crippen LogP contribution in [0.4, 0.5) is 0 Å². The first kappa shape index (κ1) is 22.5. The van der Waals surface area contributed by atoms with Crippen molar-refractivity contribution in [1.82, 2.24) is 0 Å². The number of ether oxygens (including phenoxy) is 9. The molecule has 1 aromatic rings. The zero-order chi connectivity index (χ0) is 20.5. The van der Waals surface area contributed by atoms with Crippen LogP contribution in [-0.4, -0.2) is 85.1 Å². The minimum Gasteiger partial charge on any atom is -0.374 e. The van der Waals surface area contributed by atoms with Gasteiger partial charge in [0.1, 0.15) is 50.9 Å². The SMILES string of the molecule is COCO[C@@H]1[C@H](OCOC)[C@H]2O[C@H](O[C@@H]2COCc2ccccc2)[C@H]1OCOC. The molecule has 164 valence electrons. The smallest absolute Gasteiger partial charge is 0.187 e. The highest BCUT2D eigenvalue weighted by atomic mass is 16.8. The fraction of sp³-hybridized carbons (Fsp3) is 0.700. The third-order valence-corrected chi connectivity index (χ3v) is 4.73. The van der Waals surface area contributed by atoms with Crippen molar-refractivity contribution >= 4 is 0 Å². The highest BCUT2D eigenvalue weighted by Crippen LogP contribution is 2.37. The second-order valence-corrected chi connectivity index (χ2v) is 6.76. The van der Waals surface area contributed by atoms with Gasteiger partial charge in [0.15, 0.2) is 6.29 Å². The Kier molecular flexibility index (Phi) is 9.25. The minimum absolute atomic E-state index is 0.0670. The summed E-state index contributed by atoms with van der Waals surface area (Å²) in [6.45, 7) is 1.05. The summed E-state index contributed by atoms with van der Waals surface area (Å²) in [6.07, 6.45) is -2.88. The molecule has 9 nitrogen and oxygen atoms in total. The topological polar surface area (TPSA) is 83.1 Å². The molecular weight excluding hydrogens is 384 g/mol. The van der Waals surface area contributed by atoms with E-state index < -0.39 is 30.7 Å². The Labute approximate surface area is 171 Å². The van der Waals surface area contributed by atoms with Gasteiger partial charge in [-0.05, 0) is 5.56 Å². The van der Waals surface area contributed by atoms with Crippen LogP contribution in [0.2, 0.25) is 0 Å². The molecule has 0 N–H and O–H groups in total. The largest absolute Gasteiger partial charge is 0.374 e. The lowest BCUT2D eigenvalue weighted by atomic mass is 9.97. The molecule has 0 saturated carbocycles. The van der Waals surface area contributed by atoms with Gasteiger partial charge in [-0.2, -0.15) is 0 Å². The van der Waals surface area contributed by atoms with Gasteiger partial charge in [0.05, 0.1) is 13.2 Å². The molecule has 0 spiro atoms. The van der Waals surface area contributed by atoms with E-state index in [0.717, 1.165) is 5.56 Å². The van der Waals surface area contributed by atoms with Crippen molar-refractivity contribution in [2.45, 2.75) is 43.4 Å². The number of hydrogen-bond donors (Lipinski definition) is 0. The van der Waals surface area contributed by atoms with Crippen LogP contribution in [0.25, 0.3) is 0 Å². The molecule has 0 unspecified atom stereocenters. The summed E-state index contributed by atoms with van der Waals surface area (Å²) in [5, 5.41) is 0. The Hall–Kier alpha value is -1.14. The third-order valence-electron chi connectivity index (χ3n) is 4.73. The van der Waals surface area contributed by atoms with Gasteiger partial charge in [-0.15, -0.1) is 0 Å². The van der Waals surface area contributed by atoms with E-state index in [1.807, 2.05) is 30.3 Å². The van der Waals surface area contributed by atoms with Gasteiger partial charge >= 0.3 is 0 Å². The van der Waals surface area contributed by atoms with Crippen LogP contribution < -0.4 is 0 Å². The van der Waals surface area contributed by atoms with Crippen LogP contribution in [0, 0.1) is 0 Å². The highest BCUT2D eigenvalue weighted by molar-refractivity contribution is 5.13. The molecule has 0 aliphatic carbocycles. The normalized spacial score (nSPS) is 31.3. The molecule has 0 aromatic heterocycles. The molecule has 2 aliphatic rings. The van der Waals surface area contributed by atoms with Gasteiger partial charge in [0, 0.05) is 21.3 Å². The molecule has 2 heterocycles. The second kappa shape index (κ2) is 11.9. The number of fused-ring (bicyclic) bond motifs is 2. The van der Waals surface area contributed by atoms with Crippen molar-refractivity contribution in [3.8, 4) is 0 Å². The average Bonchev–Trinajstić information content (AvgIpc) is 3.11. The molecule has 2 bridgehead atoms. The Morgan fingerprint density at radius 1 is 0.759 bits per heavy atom. The molecule has 1 aromatic carbocycles. The fourth-order valence-corrected chi connectivity index (χ4v) is 3.49. The average molecular weight is 414 g/mol. The molecule has 6 atom stereocenters. The van der Waals surface area contributed by atoms with Gasteiger partial charge in [0.25, 0.3) is 0 Å². The summed E-state index contributed by atoms with van der Waals surface area (Å²) in [4.78, 5) is 0. The first-order valence-electron chi connectivity index (χ1n) is 9.52. The first-order chi connectivity index (χ1) is 14.3. The first-order valence-corrected chi connectivity index (χ1v) is 9.52. The van der Waals surface area contributed by atoms with Crippen molar-refractivity contribution in [2.75, 3.05) is 48.3 Å². The summed E-state index contributed by atoms with van der Waals surface area (Å²) in [5.74, 6) is 0. The predicted octanol–water partition coefficient (Wildman–Crippen LogP) is 1.29.